The van der Waals surface area contributed by atoms with Gasteiger partial charge >= 0.3 is 5.97 Å². The maximum atomic E-state index is 12.7. The van der Waals surface area contributed by atoms with E-state index in [1.54, 1.807) is 0 Å². The molecule has 0 saturated heterocycles. The molecule has 2 aromatic carbocycles. The number of hydrogen-bond acceptors (Lipinski definition) is 5. The number of benzene rings is 2. The lowest BCUT2D eigenvalue weighted by Crippen LogP contribution is -2.26. The van der Waals surface area contributed by atoms with Gasteiger partial charge in [0, 0.05) is 7.05 Å². The van der Waals surface area contributed by atoms with E-state index in [2.05, 4.69) is 4.74 Å². The van der Waals surface area contributed by atoms with E-state index in [1.165, 1.54) is 63.7 Å². The highest BCUT2D eigenvalue weighted by molar-refractivity contribution is 7.92. The van der Waals surface area contributed by atoms with E-state index < -0.39 is 16.0 Å². The molecule has 2 aromatic rings. The summed E-state index contributed by atoms with van der Waals surface area (Å²) < 4.78 is 36.1. The monoisotopic (exact) mass is 369 g/mol. The Kier molecular flexibility index (Phi) is 5.36. The SMILES string of the molecule is COC(=O)c1ccc(N(C)S(=O)(=O)c2ccc(OC)c(Cl)c2)cc1. The van der Waals surface area contributed by atoms with Crippen molar-refractivity contribution >= 4 is 33.3 Å². The van der Waals surface area contributed by atoms with E-state index in [1.807, 2.05) is 0 Å². The van der Waals surface area contributed by atoms with Gasteiger partial charge in [-0.2, -0.15) is 0 Å². The number of ether oxygens (including phenoxy) is 2. The molecule has 0 spiro atoms. The number of rotatable bonds is 5. The zero-order valence-corrected chi connectivity index (χ0v) is 14.9. The van der Waals surface area contributed by atoms with Crippen molar-refractivity contribution in [2.24, 2.45) is 0 Å². The number of sulfonamides is 1. The van der Waals surface area contributed by atoms with Gasteiger partial charge in [0.05, 0.1) is 35.4 Å². The number of hydrogen-bond donors (Lipinski definition) is 0. The standard InChI is InChI=1S/C16H16ClNO5S/c1-18(12-6-4-11(5-7-12)16(19)23-3)24(20,21)13-8-9-15(22-2)14(17)10-13/h4-10H,1-3H3. The van der Waals surface area contributed by atoms with Crippen molar-refractivity contribution in [2.45, 2.75) is 4.90 Å². The topological polar surface area (TPSA) is 72.9 Å². The van der Waals surface area contributed by atoms with E-state index in [4.69, 9.17) is 16.3 Å². The quantitative estimate of drug-likeness (QED) is 0.757. The largest absolute Gasteiger partial charge is 0.495 e. The fourth-order valence-corrected chi connectivity index (χ4v) is 3.57. The molecular weight excluding hydrogens is 354 g/mol. The van der Waals surface area contributed by atoms with Crippen molar-refractivity contribution in [3.63, 3.8) is 0 Å². The molecular formula is C16H16ClNO5S. The van der Waals surface area contributed by atoms with Crippen LogP contribution in [-0.4, -0.2) is 35.7 Å². The summed E-state index contributed by atoms with van der Waals surface area (Å²) in [4.78, 5) is 11.5. The molecule has 6 nitrogen and oxygen atoms in total. The summed E-state index contributed by atoms with van der Waals surface area (Å²) in [6.45, 7) is 0. The molecule has 0 atom stereocenters. The zero-order chi connectivity index (χ0) is 17.9. The minimum absolute atomic E-state index is 0.0350. The molecule has 0 N–H and O–H groups in total. The Hall–Kier alpha value is -2.25. The van der Waals surface area contributed by atoms with Crippen LogP contribution in [0.25, 0.3) is 0 Å². The molecule has 128 valence electrons. The van der Waals surface area contributed by atoms with Crippen molar-refractivity contribution < 1.29 is 22.7 Å². The van der Waals surface area contributed by atoms with Crippen LogP contribution in [0.1, 0.15) is 10.4 Å². The van der Waals surface area contributed by atoms with Crippen molar-refractivity contribution in [3.05, 3.63) is 53.1 Å². The number of carbonyl (C=O) groups excluding carboxylic acids is 1. The van der Waals surface area contributed by atoms with Gasteiger partial charge in [-0.3, -0.25) is 4.31 Å². The molecule has 8 heteroatoms. The number of methoxy groups -OCH3 is 2. The van der Waals surface area contributed by atoms with Crippen LogP contribution in [-0.2, 0) is 14.8 Å². The van der Waals surface area contributed by atoms with Crippen LogP contribution < -0.4 is 9.04 Å². The van der Waals surface area contributed by atoms with Crippen molar-refractivity contribution in [2.75, 3.05) is 25.6 Å². The molecule has 0 aromatic heterocycles. The first-order valence-electron chi connectivity index (χ1n) is 6.82. The molecule has 0 fully saturated rings. The normalized spacial score (nSPS) is 11.0. The number of esters is 1. The minimum Gasteiger partial charge on any atom is -0.495 e. The molecule has 24 heavy (non-hydrogen) atoms. The Morgan fingerprint density at radius 2 is 1.71 bits per heavy atom. The van der Waals surface area contributed by atoms with Gasteiger partial charge in [0.25, 0.3) is 10.0 Å². The van der Waals surface area contributed by atoms with Crippen LogP contribution in [0, 0.1) is 0 Å². The summed E-state index contributed by atoms with van der Waals surface area (Å²) in [5, 5.41) is 0.202. The first-order valence-corrected chi connectivity index (χ1v) is 8.64. The molecule has 0 aliphatic heterocycles. The van der Waals surface area contributed by atoms with E-state index in [0.29, 0.717) is 17.0 Å². The van der Waals surface area contributed by atoms with Gasteiger partial charge in [-0.25, -0.2) is 13.2 Å². The maximum absolute atomic E-state index is 12.7. The van der Waals surface area contributed by atoms with Gasteiger partial charge in [0.1, 0.15) is 5.75 Å². The lowest BCUT2D eigenvalue weighted by molar-refractivity contribution is 0.0601. The highest BCUT2D eigenvalue weighted by Crippen LogP contribution is 2.29. The van der Waals surface area contributed by atoms with E-state index in [-0.39, 0.29) is 9.92 Å². The third kappa shape index (κ3) is 3.47. The van der Waals surface area contributed by atoms with E-state index in [9.17, 15) is 13.2 Å². The fourth-order valence-electron chi connectivity index (χ4n) is 2.03. The predicted molar refractivity (Wildman–Crippen MR) is 91.4 cm³/mol. The van der Waals surface area contributed by atoms with Gasteiger partial charge in [0.2, 0.25) is 0 Å². The van der Waals surface area contributed by atoms with E-state index >= 15 is 0 Å². The zero-order valence-electron chi connectivity index (χ0n) is 13.3. The molecule has 0 radical (unpaired) electrons. The highest BCUT2D eigenvalue weighted by atomic mass is 35.5. The second kappa shape index (κ2) is 7.11. The second-order valence-electron chi connectivity index (χ2n) is 4.81. The van der Waals surface area contributed by atoms with Gasteiger partial charge in [-0.05, 0) is 42.5 Å². The smallest absolute Gasteiger partial charge is 0.337 e. The Morgan fingerprint density at radius 1 is 1.08 bits per heavy atom. The van der Waals surface area contributed by atoms with Crippen LogP contribution in [0.5, 0.6) is 5.75 Å². The van der Waals surface area contributed by atoms with Gasteiger partial charge in [0.15, 0.2) is 0 Å². The third-order valence-electron chi connectivity index (χ3n) is 3.43. The fraction of sp³-hybridized carbons (Fsp3) is 0.188. The number of anilines is 1. The second-order valence-corrected chi connectivity index (χ2v) is 7.18. The molecule has 0 saturated carbocycles. The molecule has 2 rings (SSSR count). The Morgan fingerprint density at radius 3 is 2.21 bits per heavy atom. The maximum Gasteiger partial charge on any atom is 0.337 e. The van der Waals surface area contributed by atoms with E-state index in [0.717, 1.165) is 4.31 Å². The van der Waals surface area contributed by atoms with Crippen molar-refractivity contribution in [1.82, 2.24) is 0 Å². The third-order valence-corrected chi connectivity index (χ3v) is 5.51. The first-order chi connectivity index (χ1) is 11.3. The van der Waals surface area contributed by atoms with Crippen LogP contribution in [0.4, 0.5) is 5.69 Å². The molecule has 0 amide bonds. The van der Waals surface area contributed by atoms with Crippen LogP contribution in [0.15, 0.2) is 47.4 Å². The Balaban J connectivity index is 2.35. The lowest BCUT2D eigenvalue weighted by atomic mass is 10.2. The molecule has 0 aliphatic rings. The summed E-state index contributed by atoms with van der Waals surface area (Å²) in [7, 11) is 0.343. The summed E-state index contributed by atoms with van der Waals surface area (Å²) in [5.41, 5.74) is 0.731. The van der Waals surface area contributed by atoms with Crippen molar-refractivity contribution in [1.29, 1.82) is 0 Å². The van der Waals surface area contributed by atoms with Gasteiger partial charge in [-0.15, -0.1) is 0 Å². The average Bonchev–Trinajstić information content (AvgIpc) is 2.60. The number of carbonyl (C=O) groups is 1. The van der Waals surface area contributed by atoms with Crippen LogP contribution in [0.3, 0.4) is 0 Å². The van der Waals surface area contributed by atoms with Crippen molar-refractivity contribution in [3.8, 4) is 5.75 Å². The summed E-state index contributed by atoms with van der Waals surface area (Å²) in [6, 6.07) is 10.3. The van der Waals surface area contributed by atoms with Gasteiger partial charge in [-0.1, -0.05) is 11.6 Å². The molecule has 0 unspecified atom stereocenters. The van der Waals surface area contributed by atoms with Crippen LogP contribution in [0.2, 0.25) is 5.02 Å². The highest BCUT2D eigenvalue weighted by Gasteiger charge is 2.22. The number of nitrogens with zero attached hydrogens (tertiary/aromatic N) is 1. The summed E-state index contributed by atoms with van der Waals surface area (Å²) >= 11 is 6.00. The number of halogens is 1. The predicted octanol–water partition coefficient (Wildman–Crippen LogP) is 2.96. The minimum atomic E-state index is -3.80. The molecule has 0 bridgehead atoms. The molecule has 0 heterocycles. The van der Waals surface area contributed by atoms with Crippen LogP contribution >= 0.6 is 11.6 Å². The summed E-state index contributed by atoms with van der Waals surface area (Å²) in [5.74, 6) is -0.102. The average molecular weight is 370 g/mol. The first kappa shape index (κ1) is 18.1. The summed E-state index contributed by atoms with van der Waals surface area (Å²) in [6.07, 6.45) is 0. The Labute approximate surface area is 145 Å². The van der Waals surface area contributed by atoms with Gasteiger partial charge < -0.3 is 9.47 Å². The molecule has 0 aliphatic carbocycles. The lowest BCUT2D eigenvalue weighted by Gasteiger charge is -2.20. The Bertz CT molecular complexity index is 849.